The van der Waals surface area contributed by atoms with Crippen LogP contribution in [0.2, 0.25) is 5.28 Å². The third kappa shape index (κ3) is 5.59. The first kappa shape index (κ1) is 23.4. The second-order valence-corrected chi connectivity index (χ2v) is 10.6. The monoisotopic (exact) mass is 487 g/mol. The topological polar surface area (TPSA) is 97.3 Å². The Hall–Kier alpha value is -2.78. The number of aromatic nitrogens is 3. The van der Waals surface area contributed by atoms with Gasteiger partial charge in [-0.2, -0.15) is 0 Å². The number of nitrogens with zero attached hydrogens (tertiary/aromatic N) is 4. The van der Waals surface area contributed by atoms with Gasteiger partial charge in [-0.25, -0.2) is 19.7 Å². The maximum atomic E-state index is 13.0. The van der Waals surface area contributed by atoms with Gasteiger partial charge in [-0.05, 0) is 63.4 Å². The molecule has 3 aromatic rings. The van der Waals surface area contributed by atoms with E-state index in [0.29, 0.717) is 6.54 Å². The number of carbonyl (C=O) groups is 2. The molecule has 10 heteroatoms. The average molecular weight is 488 g/mol. The lowest BCUT2D eigenvalue weighted by molar-refractivity contribution is 0.0509. The molecule has 174 valence electrons. The van der Waals surface area contributed by atoms with E-state index >= 15 is 0 Å². The maximum Gasteiger partial charge on any atom is 0.407 e. The number of ketones is 1. The molecule has 1 aromatic carbocycles. The molecule has 1 saturated heterocycles. The first-order chi connectivity index (χ1) is 15.6. The summed E-state index contributed by atoms with van der Waals surface area (Å²) in [4.78, 5) is 40.0. The smallest absolute Gasteiger partial charge is 0.407 e. The van der Waals surface area contributed by atoms with Crippen LogP contribution in [0.15, 0.2) is 24.4 Å². The zero-order valence-corrected chi connectivity index (χ0v) is 20.6. The van der Waals surface area contributed by atoms with Crippen LogP contribution >= 0.6 is 22.9 Å². The fourth-order valence-electron chi connectivity index (χ4n) is 3.94. The molecule has 1 fully saturated rings. The van der Waals surface area contributed by atoms with Crippen molar-refractivity contribution in [1.29, 1.82) is 0 Å². The number of hydrogen-bond donors (Lipinski definition) is 1. The van der Waals surface area contributed by atoms with Gasteiger partial charge in [0.15, 0.2) is 5.78 Å². The van der Waals surface area contributed by atoms with Crippen molar-refractivity contribution in [3.05, 3.63) is 45.9 Å². The largest absolute Gasteiger partial charge is 0.444 e. The second-order valence-electron chi connectivity index (χ2n) is 9.04. The van der Waals surface area contributed by atoms with Gasteiger partial charge in [-0.3, -0.25) is 4.79 Å². The van der Waals surface area contributed by atoms with Crippen LogP contribution in [-0.4, -0.2) is 51.6 Å². The highest BCUT2D eigenvalue weighted by Gasteiger charge is 2.29. The molecular weight excluding hydrogens is 462 g/mol. The summed E-state index contributed by atoms with van der Waals surface area (Å²) in [5, 5.41) is 3.96. The number of aryl methyl sites for hydroxylation is 1. The number of alkyl carbamates (subject to hydrolysis) is 1. The molecular formula is C23H26ClN5O3S. The zero-order valence-electron chi connectivity index (χ0n) is 19.0. The van der Waals surface area contributed by atoms with Crippen molar-refractivity contribution >= 4 is 50.7 Å². The minimum atomic E-state index is -0.552. The third-order valence-electron chi connectivity index (χ3n) is 5.21. The summed E-state index contributed by atoms with van der Waals surface area (Å²) in [6, 6.07) is 5.49. The molecule has 0 saturated carbocycles. The molecule has 0 bridgehead atoms. The Kier molecular flexibility index (Phi) is 6.54. The third-order valence-corrected chi connectivity index (χ3v) is 6.33. The number of carbonyl (C=O) groups excluding carboxylic acids is 2. The second kappa shape index (κ2) is 9.23. The lowest BCUT2D eigenvalue weighted by atomic mass is 10.0. The van der Waals surface area contributed by atoms with E-state index in [9.17, 15) is 9.59 Å². The molecule has 4 rings (SSSR count). The van der Waals surface area contributed by atoms with E-state index < -0.39 is 11.7 Å². The molecule has 0 unspecified atom stereocenters. The van der Waals surface area contributed by atoms with Crippen molar-refractivity contribution in [3.63, 3.8) is 0 Å². The SMILES string of the molecule is Cc1nc2c(N3CC[C@@H](NC(=O)OC(C)(C)C)C3)c(CC(=O)c3ccnc(Cl)n3)ccc2s1. The molecule has 0 aliphatic carbocycles. The van der Waals surface area contributed by atoms with Crippen LogP contribution in [0, 0.1) is 6.92 Å². The van der Waals surface area contributed by atoms with Gasteiger partial charge >= 0.3 is 6.09 Å². The molecule has 2 aromatic heterocycles. The van der Waals surface area contributed by atoms with Crippen LogP contribution in [-0.2, 0) is 11.2 Å². The number of amides is 1. The summed E-state index contributed by atoms with van der Waals surface area (Å²) in [5.74, 6) is -0.144. The number of ether oxygens (including phenoxy) is 1. The van der Waals surface area contributed by atoms with E-state index in [0.717, 1.165) is 39.4 Å². The van der Waals surface area contributed by atoms with Crippen LogP contribution in [0.25, 0.3) is 10.2 Å². The van der Waals surface area contributed by atoms with Gasteiger partial charge in [0, 0.05) is 25.7 Å². The standard InChI is InChI=1S/C23H26ClN5O3S/c1-13-26-19-18(33-13)6-5-14(11-17(30)16-7-9-25-21(24)28-16)20(19)29-10-8-15(12-29)27-22(31)32-23(2,3)4/h5-7,9,15H,8,10-12H2,1-4H3,(H,27,31)/t15-/m1/s1. The van der Waals surface area contributed by atoms with Crippen LogP contribution in [0.1, 0.15) is 48.3 Å². The summed E-state index contributed by atoms with van der Waals surface area (Å²) in [6.45, 7) is 8.83. The summed E-state index contributed by atoms with van der Waals surface area (Å²) >= 11 is 7.49. The van der Waals surface area contributed by atoms with E-state index in [1.165, 1.54) is 6.20 Å². The Balaban J connectivity index is 1.60. The van der Waals surface area contributed by atoms with Gasteiger partial charge in [-0.1, -0.05) is 6.07 Å². The Morgan fingerprint density at radius 3 is 2.79 bits per heavy atom. The Labute approximate surface area is 201 Å². The Bertz CT molecular complexity index is 1210. The number of benzene rings is 1. The van der Waals surface area contributed by atoms with Crippen LogP contribution in [0.3, 0.4) is 0 Å². The minimum Gasteiger partial charge on any atom is -0.444 e. The van der Waals surface area contributed by atoms with Gasteiger partial charge in [0.05, 0.1) is 21.4 Å². The number of fused-ring (bicyclic) bond motifs is 1. The Morgan fingerprint density at radius 1 is 1.27 bits per heavy atom. The highest BCUT2D eigenvalue weighted by molar-refractivity contribution is 7.18. The summed E-state index contributed by atoms with van der Waals surface area (Å²) in [7, 11) is 0. The van der Waals surface area contributed by atoms with E-state index in [1.807, 2.05) is 39.8 Å². The van der Waals surface area contributed by atoms with E-state index in [2.05, 4.69) is 20.2 Å². The van der Waals surface area contributed by atoms with Gasteiger partial charge < -0.3 is 15.0 Å². The molecule has 1 aliphatic rings. The highest BCUT2D eigenvalue weighted by atomic mass is 35.5. The molecule has 1 amide bonds. The van der Waals surface area contributed by atoms with Crippen LogP contribution in [0.4, 0.5) is 10.5 Å². The highest BCUT2D eigenvalue weighted by Crippen LogP contribution is 2.36. The van der Waals surface area contributed by atoms with Crippen molar-refractivity contribution in [3.8, 4) is 0 Å². The molecule has 1 aliphatic heterocycles. The lowest BCUT2D eigenvalue weighted by Gasteiger charge is -2.24. The fourth-order valence-corrected chi connectivity index (χ4v) is 4.92. The number of halogens is 1. The molecule has 8 nitrogen and oxygen atoms in total. The number of hydrogen-bond acceptors (Lipinski definition) is 8. The lowest BCUT2D eigenvalue weighted by Crippen LogP contribution is -2.40. The number of nitrogens with one attached hydrogen (secondary N) is 1. The first-order valence-corrected chi connectivity index (χ1v) is 11.9. The quantitative estimate of drug-likeness (QED) is 0.415. The van der Waals surface area contributed by atoms with Crippen molar-refractivity contribution < 1.29 is 14.3 Å². The molecule has 33 heavy (non-hydrogen) atoms. The van der Waals surface area contributed by atoms with E-state index in [-0.39, 0.29) is 29.2 Å². The van der Waals surface area contributed by atoms with Gasteiger partial charge in [0.1, 0.15) is 16.8 Å². The normalized spacial score (nSPS) is 16.3. The molecule has 0 spiro atoms. The van der Waals surface area contributed by atoms with Gasteiger partial charge in [-0.15, -0.1) is 11.3 Å². The first-order valence-electron chi connectivity index (χ1n) is 10.7. The molecule has 1 N–H and O–H groups in total. The zero-order chi connectivity index (χ0) is 23.8. The van der Waals surface area contributed by atoms with Crippen molar-refractivity contribution in [2.75, 3.05) is 18.0 Å². The van der Waals surface area contributed by atoms with Crippen LogP contribution < -0.4 is 10.2 Å². The molecule has 1 atom stereocenters. The van der Waals surface area contributed by atoms with Gasteiger partial charge in [0.2, 0.25) is 5.28 Å². The predicted octanol–water partition coefficient (Wildman–Crippen LogP) is 4.58. The number of anilines is 1. The number of Topliss-reactive ketones (excluding diaryl/α,β-unsaturated/α-hetero) is 1. The maximum absolute atomic E-state index is 13.0. The predicted molar refractivity (Wildman–Crippen MR) is 129 cm³/mol. The van der Waals surface area contributed by atoms with E-state index in [1.54, 1.807) is 17.4 Å². The number of thiazole rings is 1. The average Bonchev–Trinajstić information content (AvgIpc) is 3.31. The van der Waals surface area contributed by atoms with E-state index in [4.69, 9.17) is 21.3 Å². The van der Waals surface area contributed by atoms with Crippen LogP contribution in [0.5, 0.6) is 0 Å². The van der Waals surface area contributed by atoms with Gasteiger partial charge in [0.25, 0.3) is 0 Å². The Morgan fingerprint density at radius 2 is 2.06 bits per heavy atom. The minimum absolute atomic E-state index is 0.0438. The number of rotatable bonds is 5. The van der Waals surface area contributed by atoms with Crippen molar-refractivity contribution in [1.82, 2.24) is 20.3 Å². The molecule has 3 heterocycles. The summed E-state index contributed by atoms with van der Waals surface area (Å²) in [5.41, 5.74) is 2.40. The fraction of sp³-hybridized carbons (Fsp3) is 0.435. The van der Waals surface area contributed by atoms with Crippen molar-refractivity contribution in [2.24, 2.45) is 0 Å². The summed E-state index contributed by atoms with van der Waals surface area (Å²) < 4.78 is 6.46. The summed E-state index contributed by atoms with van der Waals surface area (Å²) in [6.07, 6.45) is 1.99. The van der Waals surface area contributed by atoms with Crippen molar-refractivity contribution in [2.45, 2.75) is 52.2 Å². The molecule has 0 radical (unpaired) electrons.